The second-order valence-corrected chi connectivity index (χ2v) is 9.35. The lowest BCUT2D eigenvalue weighted by Gasteiger charge is -2.56. The molecule has 1 aromatic carbocycles. The van der Waals surface area contributed by atoms with E-state index >= 15 is 0 Å². The zero-order valence-corrected chi connectivity index (χ0v) is 17.7. The molecule has 0 unspecified atom stereocenters. The Morgan fingerprint density at radius 3 is 2.97 bits per heavy atom. The highest BCUT2D eigenvalue weighted by Gasteiger charge is 2.48. The number of carbonyl (C=O) groups excluding carboxylic acids is 1. The normalized spacial score (nSPS) is 29.1. The molecule has 5 nitrogen and oxygen atoms in total. The Hall–Kier alpha value is -2.21. The lowest BCUT2D eigenvalue weighted by atomic mass is 9.71. The second-order valence-electron chi connectivity index (χ2n) is 9.35. The third kappa shape index (κ3) is 3.55. The van der Waals surface area contributed by atoms with Crippen molar-refractivity contribution in [3.63, 3.8) is 0 Å². The van der Waals surface area contributed by atoms with Gasteiger partial charge in [0.15, 0.2) is 0 Å². The van der Waals surface area contributed by atoms with Crippen LogP contribution in [0.4, 0.5) is 4.39 Å². The van der Waals surface area contributed by atoms with Gasteiger partial charge in [0.25, 0.3) is 0 Å². The Morgan fingerprint density at radius 2 is 2.13 bits per heavy atom. The van der Waals surface area contributed by atoms with Crippen LogP contribution in [0.1, 0.15) is 51.0 Å². The first-order chi connectivity index (χ1) is 14.6. The van der Waals surface area contributed by atoms with E-state index in [2.05, 4.69) is 26.9 Å². The Bertz CT molecular complexity index is 912. The van der Waals surface area contributed by atoms with Crippen LogP contribution in [0.2, 0.25) is 0 Å². The molecule has 1 amide bonds. The van der Waals surface area contributed by atoms with Crippen molar-refractivity contribution in [2.24, 2.45) is 11.8 Å². The molecule has 3 aliphatic rings. The van der Waals surface area contributed by atoms with E-state index in [0.29, 0.717) is 29.8 Å². The third-order valence-corrected chi connectivity index (χ3v) is 7.38. The molecule has 3 aliphatic heterocycles. The van der Waals surface area contributed by atoms with Gasteiger partial charge in [0.2, 0.25) is 5.91 Å². The van der Waals surface area contributed by atoms with Gasteiger partial charge in [0.1, 0.15) is 5.82 Å². The van der Waals surface area contributed by atoms with Gasteiger partial charge in [-0.25, -0.2) is 4.39 Å². The first-order valence-electron chi connectivity index (χ1n) is 11.5. The summed E-state index contributed by atoms with van der Waals surface area (Å²) in [6.07, 6.45) is 8.26. The van der Waals surface area contributed by atoms with Crippen molar-refractivity contribution in [2.45, 2.75) is 64.1 Å². The molecule has 0 aliphatic carbocycles. The highest BCUT2D eigenvalue weighted by atomic mass is 19.1. The van der Waals surface area contributed by atoms with Crippen molar-refractivity contribution in [3.05, 3.63) is 41.8 Å². The molecule has 0 radical (unpaired) electrons. The molecule has 30 heavy (non-hydrogen) atoms. The fourth-order valence-corrected chi connectivity index (χ4v) is 6.24. The predicted octanol–water partition coefficient (Wildman–Crippen LogP) is 4.22. The van der Waals surface area contributed by atoms with Crippen molar-refractivity contribution in [1.29, 1.82) is 0 Å². The number of aromatic amines is 1. The van der Waals surface area contributed by atoms with Crippen LogP contribution in [0.5, 0.6) is 0 Å². The average Bonchev–Trinajstić information content (AvgIpc) is 3.19. The zero-order valence-electron chi connectivity index (χ0n) is 17.7. The molecule has 2 bridgehead atoms. The SMILES string of the molecule is CCC[C@H]1[C@H]2C[C@H](CN(Cc3cn[nH]c3-c3cccc(F)c3)C2)[C@@H]2CCCC(=O)N21. The van der Waals surface area contributed by atoms with Gasteiger partial charge in [0.05, 0.1) is 11.9 Å². The number of nitrogens with one attached hydrogen (secondary N) is 1. The summed E-state index contributed by atoms with van der Waals surface area (Å²) in [6, 6.07) is 7.49. The summed E-state index contributed by atoms with van der Waals surface area (Å²) in [4.78, 5) is 17.6. The molecule has 2 aromatic rings. The zero-order chi connectivity index (χ0) is 20.7. The second kappa shape index (κ2) is 8.14. The molecule has 6 heteroatoms. The van der Waals surface area contributed by atoms with Crippen molar-refractivity contribution in [1.82, 2.24) is 20.0 Å². The van der Waals surface area contributed by atoms with E-state index < -0.39 is 0 Å². The van der Waals surface area contributed by atoms with Crippen LogP contribution in [0.25, 0.3) is 11.3 Å². The van der Waals surface area contributed by atoms with Gasteiger partial charge in [-0.1, -0.05) is 25.5 Å². The summed E-state index contributed by atoms with van der Waals surface area (Å²) in [7, 11) is 0. The van der Waals surface area contributed by atoms with E-state index in [0.717, 1.165) is 68.6 Å². The van der Waals surface area contributed by atoms with E-state index in [1.165, 1.54) is 12.5 Å². The number of fused-ring (bicyclic) bond motifs is 4. The molecular weight excluding hydrogens is 379 g/mol. The number of piperidine rings is 3. The van der Waals surface area contributed by atoms with E-state index in [-0.39, 0.29) is 5.82 Å². The lowest BCUT2D eigenvalue weighted by Crippen LogP contribution is -2.64. The Morgan fingerprint density at radius 1 is 1.27 bits per heavy atom. The molecule has 1 N–H and O–H groups in total. The van der Waals surface area contributed by atoms with Crippen LogP contribution in [-0.2, 0) is 11.3 Å². The Kier molecular flexibility index (Phi) is 5.35. The van der Waals surface area contributed by atoms with Gasteiger partial charge in [-0.2, -0.15) is 5.10 Å². The van der Waals surface area contributed by atoms with Crippen LogP contribution in [-0.4, -0.2) is 51.1 Å². The number of halogens is 1. The first kappa shape index (κ1) is 19.7. The number of amides is 1. The van der Waals surface area contributed by atoms with E-state index in [1.807, 2.05) is 12.3 Å². The minimum absolute atomic E-state index is 0.231. The maximum Gasteiger partial charge on any atom is 0.223 e. The Balaban J connectivity index is 1.37. The fraction of sp³-hybridized carbons (Fsp3) is 0.583. The van der Waals surface area contributed by atoms with Gasteiger partial charge in [-0.3, -0.25) is 14.8 Å². The summed E-state index contributed by atoms with van der Waals surface area (Å²) in [5, 5.41) is 7.33. The quantitative estimate of drug-likeness (QED) is 0.803. The number of nitrogens with zero attached hydrogens (tertiary/aromatic N) is 3. The Labute approximate surface area is 177 Å². The highest BCUT2D eigenvalue weighted by molar-refractivity contribution is 5.78. The number of carbonyl (C=O) groups is 1. The molecule has 4 heterocycles. The number of aromatic nitrogens is 2. The molecule has 0 spiro atoms. The standard InChI is InChI=1S/C24H31FN4O/c1-2-5-21-17-10-18(22-8-4-9-23(30)29(21)22)14-28(13-17)15-19-12-26-27-24(19)16-6-3-7-20(25)11-16/h3,6-7,11-12,17-18,21-22H,2,4-5,8-10,13-15H2,1H3,(H,26,27)/t17-,18+,21-,22-/m0/s1. The molecular formula is C24H31FN4O. The number of hydrogen-bond donors (Lipinski definition) is 1. The number of hydrogen-bond acceptors (Lipinski definition) is 3. The van der Waals surface area contributed by atoms with Gasteiger partial charge >= 0.3 is 0 Å². The molecule has 4 atom stereocenters. The van der Waals surface area contributed by atoms with Crippen molar-refractivity contribution >= 4 is 5.91 Å². The molecule has 1 aromatic heterocycles. The minimum Gasteiger partial charge on any atom is -0.336 e. The van der Waals surface area contributed by atoms with Gasteiger partial charge in [-0.15, -0.1) is 0 Å². The third-order valence-electron chi connectivity index (χ3n) is 7.38. The van der Waals surface area contributed by atoms with Crippen LogP contribution in [0.15, 0.2) is 30.5 Å². The minimum atomic E-state index is -0.231. The van der Waals surface area contributed by atoms with Crippen LogP contribution in [0.3, 0.4) is 0 Å². The number of benzene rings is 1. The van der Waals surface area contributed by atoms with Gasteiger partial charge in [0, 0.05) is 49.3 Å². The molecule has 160 valence electrons. The molecule has 0 saturated carbocycles. The van der Waals surface area contributed by atoms with Gasteiger partial charge < -0.3 is 4.90 Å². The predicted molar refractivity (Wildman–Crippen MR) is 114 cm³/mol. The molecule has 5 rings (SSSR count). The number of likely N-dealkylation sites (tertiary alicyclic amines) is 1. The lowest BCUT2D eigenvalue weighted by molar-refractivity contribution is -0.153. The number of H-pyrrole nitrogens is 1. The van der Waals surface area contributed by atoms with Gasteiger partial charge in [-0.05, 0) is 49.7 Å². The van der Waals surface area contributed by atoms with Crippen LogP contribution >= 0.6 is 0 Å². The van der Waals surface area contributed by atoms with E-state index in [4.69, 9.17) is 0 Å². The summed E-state index contributed by atoms with van der Waals surface area (Å²) in [5.74, 6) is 1.26. The first-order valence-corrected chi connectivity index (χ1v) is 11.5. The summed E-state index contributed by atoms with van der Waals surface area (Å²) in [6.45, 7) is 5.09. The van der Waals surface area contributed by atoms with Crippen molar-refractivity contribution in [3.8, 4) is 11.3 Å². The highest BCUT2D eigenvalue weighted by Crippen LogP contribution is 2.43. The van der Waals surface area contributed by atoms with Crippen molar-refractivity contribution in [2.75, 3.05) is 13.1 Å². The summed E-state index contributed by atoms with van der Waals surface area (Å²) >= 11 is 0. The fourth-order valence-electron chi connectivity index (χ4n) is 6.24. The topological polar surface area (TPSA) is 52.2 Å². The van der Waals surface area contributed by atoms with E-state index in [9.17, 15) is 9.18 Å². The van der Waals surface area contributed by atoms with Crippen molar-refractivity contribution < 1.29 is 9.18 Å². The van der Waals surface area contributed by atoms with Crippen LogP contribution < -0.4 is 0 Å². The van der Waals surface area contributed by atoms with E-state index in [1.54, 1.807) is 12.1 Å². The largest absolute Gasteiger partial charge is 0.336 e. The molecule has 3 saturated heterocycles. The summed E-state index contributed by atoms with van der Waals surface area (Å²) in [5.41, 5.74) is 2.86. The monoisotopic (exact) mass is 410 g/mol. The summed E-state index contributed by atoms with van der Waals surface area (Å²) < 4.78 is 13.7. The molecule has 3 fully saturated rings. The maximum atomic E-state index is 13.7. The smallest absolute Gasteiger partial charge is 0.223 e. The number of rotatable bonds is 5. The average molecular weight is 411 g/mol. The maximum absolute atomic E-state index is 13.7. The van der Waals surface area contributed by atoms with Crippen LogP contribution in [0, 0.1) is 17.7 Å².